The summed E-state index contributed by atoms with van der Waals surface area (Å²) in [5.74, 6) is -3.62. The molecule has 0 bridgehead atoms. The molecule has 0 saturated carbocycles. The van der Waals surface area contributed by atoms with Crippen molar-refractivity contribution in [3.05, 3.63) is 143 Å². The van der Waals surface area contributed by atoms with Crippen molar-refractivity contribution in [1.82, 2.24) is 0 Å². The molecular weight excluding hydrogens is 943 g/mol. The summed E-state index contributed by atoms with van der Waals surface area (Å²) in [6.45, 7) is 2.07. The number of hydrogen-bond donors (Lipinski definition) is 4. The van der Waals surface area contributed by atoms with Gasteiger partial charge in [-0.05, 0) is 133 Å². The molecule has 3 aliphatic heterocycles. The van der Waals surface area contributed by atoms with Crippen molar-refractivity contribution >= 4 is 35.8 Å². The van der Waals surface area contributed by atoms with E-state index in [1.165, 1.54) is 60.7 Å². The molecule has 364 valence electrons. The van der Waals surface area contributed by atoms with Crippen LogP contribution in [0.1, 0.15) is 58.3 Å². The zero-order chi connectivity index (χ0) is 49.5. The number of nitrogens with zero attached hydrogens (tertiary/aromatic N) is 2. The van der Waals surface area contributed by atoms with E-state index in [1.54, 1.807) is 24.3 Å². The topological polar surface area (TPSA) is 217 Å². The molecule has 3 aliphatic rings. The van der Waals surface area contributed by atoms with Crippen molar-refractivity contribution < 1.29 is 59.2 Å². The summed E-state index contributed by atoms with van der Waals surface area (Å²) < 4.78 is 128. The molecule has 3 atom stereocenters. The van der Waals surface area contributed by atoms with Crippen LogP contribution in [0.2, 0.25) is 0 Å². The molecule has 17 heteroatoms. The molecule has 70 heavy (non-hydrogen) atoms. The first kappa shape index (κ1) is 48.9. The van der Waals surface area contributed by atoms with E-state index in [2.05, 4.69) is 0 Å². The van der Waals surface area contributed by atoms with Gasteiger partial charge in [-0.1, -0.05) is 42.5 Å². The van der Waals surface area contributed by atoms with Gasteiger partial charge in [0.1, 0.15) is 54.5 Å². The molecule has 6 aromatic carbocycles. The van der Waals surface area contributed by atoms with E-state index in [4.69, 9.17) is 18.9 Å². The highest BCUT2D eigenvalue weighted by Crippen LogP contribution is 2.45. The van der Waals surface area contributed by atoms with Gasteiger partial charge in [-0.3, -0.25) is 4.79 Å². The highest BCUT2D eigenvalue weighted by Gasteiger charge is 2.43. The number of aryl methyl sites for hydroxylation is 1. The first-order chi connectivity index (χ1) is 33.4. The second kappa shape index (κ2) is 18.9. The number of fused-ring (bicyclic) bond motifs is 1. The minimum absolute atomic E-state index is 0.0188. The predicted octanol–water partition coefficient (Wildman–Crippen LogP) is 10.5. The lowest BCUT2D eigenvalue weighted by molar-refractivity contribution is 0.103. The summed E-state index contributed by atoms with van der Waals surface area (Å²) in [4.78, 5) is 13.8. The molecule has 4 N–H and O–H groups in total. The normalized spacial score (nSPS) is 19.5. The van der Waals surface area contributed by atoms with Crippen molar-refractivity contribution in [2.24, 2.45) is 17.8 Å². The van der Waals surface area contributed by atoms with Crippen LogP contribution in [-0.4, -0.2) is 83.6 Å². The predicted molar refractivity (Wildman–Crippen MR) is 259 cm³/mol. The Hall–Kier alpha value is -6.09. The summed E-state index contributed by atoms with van der Waals surface area (Å²) in [5, 5.41) is 20.1. The van der Waals surface area contributed by atoms with E-state index in [9.17, 15) is 46.3 Å². The first-order valence-electron chi connectivity index (χ1n) is 22.9. The van der Waals surface area contributed by atoms with Crippen LogP contribution in [0.5, 0.6) is 11.5 Å². The van der Waals surface area contributed by atoms with Crippen molar-refractivity contribution in [2.45, 2.75) is 41.9 Å². The number of nitriles is 2. The van der Waals surface area contributed by atoms with Crippen LogP contribution in [0, 0.1) is 52.1 Å². The molecule has 0 radical (unpaired) electrons. The fraction of sp³-hybridized carbons (Fsp3) is 0.302. The van der Waals surface area contributed by atoms with Gasteiger partial charge in [0, 0.05) is 54.1 Å². The first-order valence-corrected chi connectivity index (χ1v) is 27.0. The van der Waals surface area contributed by atoms with Gasteiger partial charge in [-0.15, -0.1) is 0 Å². The Balaban J connectivity index is 1.14. The van der Waals surface area contributed by atoms with E-state index in [-0.39, 0.29) is 74.6 Å². The van der Waals surface area contributed by atoms with Crippen molar-refractivity contribution in [1.29, 1.82) is 10.5 Å². The number of halogens is 2. The summed E-state index contributed by atoms with van der Waals surface area (Å²) in [6.07, 6.45) is 2.68. The van der Waals surface area contributed by atoms with Gasteiger partial charge < -0.3 is 37.2 Å². The highest BCUT2D eigenvalue weighted by molar-refractivity contribution is 8.11. The van der Waals surface area contributed by atoms with Crippen LogP contribution < -0.4 is 4.74 Å². The minimum Gasteiger partial charge on any atom is -0.457 e. The lowest BCUT2D eigenvalue weighted by Crippen LogP contribution is -2.41. The van der Waals surface area contributed by atoms with Crippen LogP contribution in [0.3, 0.4) is 0 Å². The number of ether oxygens (including phenoxy) is 4. The maximum atomic E-state index is 15.1. The molecule has 0 aromatic heterocycles. The van der Waals surface area contributed by atoms with Gasteiger partial charge in [-0.25, -0.2) is 17.2 Å². The average Bonchev–Trinajstić information content (AvgIpc) is 4.16. The molecule has 13 nitrogen and oxygen atoms in total. The third-order valence-electron chi connectivity index (χ3n) is 13.4. The average molecular weight is 993 g/mol. The minimum atomic E-state index is -5.84. The van der Waals surface area contributed by atoms with E-state index in [1.807, 2.05) is 12.1 Å². The summed E-state index contributed by atoms with van der Waals surface area (Å²) >= 11 is 0. The smallest absolute Gasteiger partial charge is 0.193 e. The maximum Gasteiger partial charge on any atom is 0.193 e. The Morgan fingerprint density at radius 1 is 0.671 bits per heavy atom. The third-order valence-corrected chi connectivity index (χ3v) is 18.0. The molecule has 9 rings (SSSR count). The molecule has 0 amide bonds. The molecule has 6 aromatic rings. The van der Waals surface area contributed by atoms with Crippen LogP contribution in [0.4, 0.5) is 8.78 Å². The van der Waals surface area contributed by atoms with Gasteiger partial charge in [0.15, 0.2) is 5.78 Å². The van der Waals surface area contributed by atoms with E-state index in [0.29, 0.717) is 69.0 Å². The van der Waals surface area contributed by atoms with Crippen LogP contribution in [-0.2, 0) is 39.9 Å². The van der Waals surface area contributed by atoms with E-state index in [0.717, 1.165) is 24.6 Å². The Bertz CT molecular complexity index is 3280. The molecular formula is C53H50F2N2O11S2. The Morgan fingerprint density at radius 2 is 1.29 bits per heavy atom. The number of ketones is 1. The van der Waals surface area contributed by atoms with Gasteiger partial charge in [0.05, 0.1) is 45.6 Å². The largest absolute Gasteiger partial charge is 0.457 e. The number of benzene rings is 6. The number of rotatable bonds is 15. The molecule has 3 heterocycles. The standard InChI is InChI=1S/C53H50F2N2O11S2/c54-49-5-1-3-42(47(49)26-56)37-10-13-44(43-4-2-6-50(55)48(43)27-57)46(23-37)53(58)39-11-14-51(38(21-39)8-7-33-15-18-65-28-33)68-40-12-9-36-22-41(69(59,60,61)31-34-16-19-66-29-34)25-52(45(36)24-40)70(62,63,64)32-35-17-20-67-30-35/h1-6,9-14,21-25,33-35H,7-8,15-20,28-32H2,(H2,59,60,61)(H2,62,63,64). The quantitative estimate of drug-likeness (QED) is 0.0705. The van der Waals surface area contributed by atoms with Crippen LogP contribution in [0.25, 0.3) is 33.0 Å². The van der Waals surface area contributed by atoms with Crippen molar-refractivity contribution in [3.8, 4) is 45.9 Å². The lowest BCUT2D eigenvalue weighted by Gasteiger charge is -2.37. The van der Waals surface area contributed by atoms with Crippen molar-refractivity contribution in [3.63, 3.8) is 0 Å². The monoisotopic (exact) mass is 992 g/mol. The highest BCUT2D eigenvalue weighted by atomic mass is 32.3. The second-order valence-corrected chi connectivity index (χ2v) is 24.1. The van der Waals surface area contributed by atoms with E-state index < -0.39 is 69.8 Å². The van der Waals surface area contributed by atoms with Gasteiger partial charge in [-0.2, -0.15) is 10.5 Å². The Morgan fingerprint density at radius 3 is 1.91 bits per heavy atom. The fourth-order valence-electron chi connectivity index (χ4n) is 9.73. The Labute approximate surface area is 403 Å². The SMILES string of the molecule is N#Cc1c(F)cccc1-c1ccc(-c2cccc(F)c2C#N)c(C(=O)c2ccc(Oc3ccc4cc(S(=O)(O)(O)CC5CCOC5)cc(S(=O)(O)(O)CC5CCOC5)c4c3)c(CCC3CCOC3)c2)c1. The van der Waals surface area contributed by atoms with Gasteiger partial charge >= 0.3 is 0 Å². The molecule has 3 unspecified atom stereocenters. The summed E-state index contributed by atoms with van der Waals surface area (Å²) in [6, 6.07) is 28.0. The van der Waals surface area contributed by atoms with E-state index >= 15 is 4.39 Å². The van der Waals surface area contributed by atoms with Crippen LogP contribution in [0.15, 0.2) is 113 Å². The third kappa shape index (κ3) is 10.1. The maximum absolute atomic E-state index is 15.1. The number of carbonyl (C=O) groups is 1. The van der Waals surface area contributed by atoms with Crippen molar-refractivity contribution in [2.75, 3.05) is 51.1 Å². The summed E-state index contributed by atoms with van der Waals surface area (Å²) in [5.41, 5.74) is 1.20. The molecule has 3 saturated heterocycles. The fourth-order valence-corrected chi connectivity index (χ4v) is 14.1. The Kier molecular flexibility index (Phi) is 13.2. The summed E-state index contributed by atoms with van der Waals surface area (Å²) in [7, 11) is -11.5. The lowest BCUT2D eigenvalue weighted by atomic mass is 9.87. The number of carbonyl (C=O) groups excluding carboxylic acids is 1. The van der Waals surface area contributed by atoms with Gasteiger partial charge in [0.2, 0.25) is 0 Å². The molecule has 0 aliphatic carbocycles. The van der Waals surface area contributed by atoms with Crippen LogP contribution >= 0.6 is 0 Å². The van der Waals surface area contributed by atoms with Gasteiger partial charge in [0.25, 0.3) is 0 Å². The molecule has 3 fully saturated rings. The molecule has 0 spiro atoms. The second-order valence-electron chi connectivity index (χ2n) is 18.5. The zero-order valence-electron chi connectivity index (χ0n) is 37.9. The zero-order valence-corrected chi connectivity index (χ0v) is 39.5. The number of hydrogen-bond acceptors (Lipinski definition) is 9.